The molecule has 2 N–H and O–H groups in total. The van der Waals surface area contributed by atoms with E-state index < -0.39 is 0 Å². The van der Waals surface area contributed by atoms with Crippen LogP contribution in [0.1, 0.15) is 21.5 Å². The number of hydrogen-bond acceptors (Lipinski definition) is 2. The monoisotopic (exact) mass is 300 g/mol. The molecule has 5 heteroatoms. The van der Waals surface area contributed by atoms with Crippen molar-refractivity contribution in [3.05, 3.63) is 71.0 Å². The number of amides is 2. The van der Waals surface area contributed by atoms with Gasteiger partial charge >= 0.3 is 0 Å². The summed E-state index contributed by atoms with van der Waals surface area (Å²) in [6.07, 6.45) is 0. The van der Waals surface area contributed by atoms with E-state index in [0.717, 1.165) is 0 Å². The average Bonchev–Trinajstić information content (AvgIpc) is 2.54. The van der Waals surface area contributed by atoms with E-state index in [-0.39, 0.29) is 30.7 Å². The van der Waals surface area contributed by atoms with Crippen LogP contribution < -0.4 is 10.6 Å². The molecular formula is C17H17FN2O2. The third-order valence-electron chi connectivity index (χ3n) is 3.17. The van der Waals surface area contributed by atoms with Gasteiger partial charge in [-0.15, -0.1) is 0 Å². The highest BCUT2D eigenvalue weighted by Crippen LogP contribution is 2.08. The summed E-state index contributed by atoms with van der Waals surface area (Å²) in [6, 6.07) is 13.4. The maximum absolute atomic E-state index is 13.4. The molecule has 0 saturated heterocycles. The summed E-state index contributed by atoms with van der Waals surface area (Å²) in [5.74, 6) is -0.938. The van der Waals surface area contributed by atoms with Crippen molar-refractivity contribution in [1.82, 2.24) is 10.6 Å². The van der Waals surface area contributed by atoms with Gasteiger partial charge in [-0.2, -0.15) is 0 Å². The zero-order valence-electron chi connectivity index (χ0n) is 12.2. The van der Waals surface area contributed by atoms with Crippen LogP contribution in [-0.4, -0.2) is 18.4 Å². The Labute approximate surface area is 128 Å². The van der Waals surface area contributed by atoms with Crippen LogP contribution in [0.15, 0.2) is 48.5 Å². The smallest absolute Gasteiger partial charge is 0.251 e. The molecule has 0 atom stereocenters. The Morgan fingerprint density at radius 2 is 1.77 bits per heavy atom. The van der Waals surface area contributed by atoms with E-state index in [1.807, 2.05) is 6.07 Å². The number of aryl methyl sites for hydroxylation is 1. The SMILES string of the molecule is Cc1ccc(CNC(=O)CNC(=O)c2ccccc2)cc1F. The van der Waals surface area contributed by atoms with E-state index >= 15 is 0 Å². The molecule has 2 rings (SSSR count). The number of hydrogen-bond donors (Lipinski definition) is 2. The largest absolute Gasteiger partial charge is 0.350 e. The molecular weight excluding hydrogens is 283 g/mol. The Bertz CT molecular complexity index is 672. The molecule has 2 aromatic rings. The van der Waals surface area contributed by atoms with Gasteiger partial charge in [0.05, 0.1) is 6.54 Å². The van der Waals surface area contributed by atoms with Crippen molar-refractivity contribution in [3.63, 3.8) is 0 Å². The molecule has 2 aromatic carbocycles. The lowest BCUT2D eigenvalue weighted by Gasteiger charge is -2.08. The van der Waals surface area contributed by atoms with Crippen LogP contribution in [0.5, 0.6) is 0 Å². The van der Waals surface area contributed by atoms with Crippen molar-refractivity contribution in [3.8, 4) is 0 Å². The lowest BCUT2D eigenvalue weighted by atomic mass is 10.1. The molecule has 4 nitrogen and oxygen atoms in total. The highest BCUT2D eigenvalue weighted by molar-refractivity contribution is 5.96. The molecule has 0 heterocycles. The average molecular weight is 300 g/mol. The summed E-state index contributed by atoms with van der Waals surface area (Å²) in [4.78, 5) is 23.4. The highest BCUT2D eigenvalue weighted by atomic mass is 19.1. The van der Waals surface area contributed by atoms with Gasteiger partial charge in [0, 0.05) is 12.1 Å². The van der Waals surface area contributed by atoms with Gasteiger partial charge in [0.1, 0.15) is 5.82 Å². The number of rotatable bonds is 5. The third-order valence-corrected chi connectivity index (χ3v) is 3.17. The van der Waals surface area contributed by atoms with Crippen LogP contribution in [0.25, 0.3) is 0 Å². The minimum atomic E-state index is -0.328. The number of halogens is 1. The number of benzene rings is 2. The predicted molar refractivity (Wildman–Crippen MR) is 81.8 cm³/mol. The van der Waals surface area contributed by atoms with Crippen molar-refractivity contribution in [2.45, 2.75) is 13.5 Å². The lowest BCUT2D eigenvalue weighted by Crippen LogP contribution is -2.36. The molecule has 0 aromatic heterocycles. The molecule has 0 saturated carbocycles. The minimum Gasteiger partial charge on any atom is -0.350 e. The van der Waals surface area contributed by atoms with Crippen LogP contribution >= 0.6 is 0 Å². The third kappa shape index (κ3) is 4.41. The van der Waals surface area contributed by atoms with Crippen LogP contribution in [0, 0.1) is 12.7 Å². The fraction of sp³-hybridized carbons (Fsp3) is 0.176. The van der Waals surface area contributed by atoms with Gasteiger partial charge in [0.25, 0.3) is 5.91 Å². The maximum Gasteiger partial charge on any atom is 0.251 e. The number of carbonyl (C=O) groups is 2. The Morgan fingerprint density at radius 3 is 2.45 bits per heavy atom. The lowest BCUT2D eigenvalue weighted by molar-refractivity contribution is -0.120. The molecule has 0 bridgehead atoms. The van der Waals surface area contributed by atoms with Gasteiger partial charge in [-0.25, -0.2) is 4.39 Å². The molecule has 0 radical (unpaired) electrons. The normalized spacial score (nSPS) is 10.1. The van der Waals surface area contributed by atoms with E-state index in [9.17, 15) is 14.0 Å². The van der Waals surface area contributed by atoms with Crippen LogP contribution in [0.3, 0.4) is 0 Å². The Morgan fingerprint density at radius 1 is 1.05 bits per heavy atom. The molecule has 0 aliphatic heterocycles. The summed E-state index contributed by atoms with van der Waals surface area (Å²) in [6.45, 7) is 1.77. The summed E-state index contributed by atoms with van der Waals surface area (Å²) in [5.41, 5.74) is 1.73. The molecule has 0 unspecified atom stereocenters. The molecule has 0 spiro atoms. The maximum atomic E-state index is 13.4. The summed E-state index contributed by atoms with van der Waals surface area (Å²) < 4.78 is 13.4. The topological polar surface area (TPSA) is 58.2 Å². The van der Waals surface area contributed by atoms with Crippen LogP contribution in [0.2, 0.25) is 0 Å². The van der Waals surface area contributed by atoms with Crippen LogP contribution in [0.4, 0.5) is 4.39 Å². The van der Waals surface area contributed by atoms with E-state index in [1.165, 1.54) is 6.07 Å². The first-order chi connectivity index (χ1) is 10.6. The van der Waals surface area contributed by atoms with Gasteiger partial charge < -0.3 is 10.6 Å². The van der Waals surface area contributed by atoms with Gasteiger partial charge in [0.2, 0.25) is 5.91 Å². The summed E-state index contributed by atoms with van der Waals surface area (Å²) in [5, 5.41) is 5.16. The zero-order chi connectivity index (χ0) is 15.9. The zero-order valence-corrected chi connectivity index (χ0v) is 12.2. The Hall–Kier alpha value is -2.69. The van der Waals surface area contributed by atoms with Crippen molar-refractivity contribution in [2.24, 2.45) is 0 Å². The van der Waals surface area contributed by atoms with Crippen molar-refractivity contribution in [2.75, 3.05) is 6.54 Å². The first-order valence-electron chi connectivity index (χ1n) is 6.91. The minimum absolute atomic E-state index is 0.123. The van der Waals surface area contributed by atoms with E-state index in [1.54, 1.807) is 43.3 Å². The molecule has 2 amide bonds. The fourth-order valence-electron chi connectivity index (χ4n) is 1.86. The Kier molecular flexibility index (Phi) is 5.25. The van der Waals surface area contributed by atoms with Crippen LogP contribution in [-0.2, 0) is 11.3 Å². The summed E-state index contributed by atoms with van der Waals surface area (Å²) in [7, 11) is 0. The van der Waals surface area contributed by atoms with Crippen molar-refractivity contribution in [1.29, 1.82) is 0 Å². The molecule has 0 aliphatic carbocycles. The quantitative estimate of drug-likeness (QED) is 0.889. The number of carbonyl (C=O) groups excluding carboxylic acids is 2. The highest BCUT2D eigenvalue weighted by Gasteiger charge is 2.07. The van der Waals surface area contributed by atoms with Gasteiger partial charge in [-0.1, -0.05) is 30.3 Å². The second kappa shape index (κ2) is 7.36. The van der Waals surface area contributed by atoms with Gasteiger partial charge in [0.15, 0.2) is 0 Å². The predicted octanol–water partition coefficient (Wildman–Crippen LogP) is 2.18. The molecule has 114 valence electrons. The van der Waals surface area contributed by atoms with Gasteiger partial charge in [-0.3, -0.25) is 9.59 Å². The van der Waals surface area contributed by atoms with Gasteiger partial charge in [-0.05, 0) is 36.2 Å². The first-order valence-corrected chi connectivity index (χ1v) is 6.91. The van der Waals surface area contributed by atoms with Crippen molar-refractivity contribution >= 4 is 11.8 Å². The molecule has 0 aliphatic rings. The van der Waals surface area contributed by atoms with Crippen molar-refractivity contribution < 1.29 is 14.0 Å². The number of nitrogens with one attached hydrogen (secondary N) is 2. The summed E-state index contributed by atoms with van der Waals surface area (Å²) >= 11 is 0. The molecule has 22 heavy (non-hydrogen) atoms. The van der Waals surface area contributed by atoms with E-state index in [2.05, 4.69) is 10.6 Å². The second-order valence-electron chi connectivity index (χ2n) is 4.91. The first kappa shape index (κ1) is 15.7. The molecule has 0 fully saturated rings. The Balaban J connectivity index is 1.78. The standard InChI is InChI=1S/C17H17FN2O2/c1-12-7-8-13(9-15(12)18)10-19-16(21)11-20-17(22)14-5-3-2-4-6-14/h2-9H,10-11H2,1H3,(H,19,21)(H,20,22). The van der Waals surface area contributed by atoms with E-state index in [4.69, 9.17) is 0 Å². The van der Waals surface area contributed by atoms with E-state index in [0.29, 0.717) is 16.7 Å². The fourth-order valence-corrected chi connectivity index (χ4v) is 1.86. The second-order valence-corrected chi connectivity index (χ2v) is 4.91.